The summed E-state index contributed by atoms with van der Waals surface area (Å²) in [6.07, 6.45) is 5.51. The van der Waals surface area contributed by atoms with Crippen molar-refractivity contribution >= 4 is 9.84 Å². The molecule has 0 saturated carbocycles. The first kappa shape index (κ1) is 11.0. The summed E-state index contributed by atoms with van der Waals surface area (Å²) in [4.78, 5) is 0. The van der Waals surface area contributed by atoms with E-state index in [4.69, 9.17) is 0 Å². The Morgan fingerprint density at radius 1 is 1.00 bits per heavy atom. The van der Waals surface area contributed by atoms with E-state index in [-0.39, 0.29) is 10.5 Å². The Morgan fingerprint density at radius 2 is 1.38 bits per heavy atom. The van der Waals surface area contributed by atoms with E-state index >= 15 is 0 Å². The van der Waals surface area contributed by atoms with Crippen LogP contribution in [0.25, 0.3) is 0 Å². The standard InChI is InChI=1S/C10H20O2S/c1-3-5-9-7-8-10(6-4-2)13(9,11)12/h9-10H,3-8H2,1-2H3. The lowest BCUT2D eigenvalue weighted by Gasteiger charge is -2.11. The summed E-state index contributed by atoms with van der Waals surface area (Å²) in [5.74, 6) is 0. The highest BCUT2D eigenvalue weighted by Crippen LogP contribution is 2.32. The van der Waals surface area contributed by atoms with Crippen molar-refractivity contribution < 1.29 is 8.42 Å². The largest absolute Gasteiger partial charge is 0.228 e. The van der Waals surface area contributed by atoms with Crippen LogP contribution < -0.4 is 0 Å². The van der Waals surface area contributed by atoms with Gasteiger partial charge >= 0.3 is 0 Å². The molecule has 0 radical (unpaired) electrons. The van der Waals surface area contributed by atoms with E-state index in [0.29, 0.717) is 0 Å². The zero-order valence-corrected chi connectivity index (χ0v) is 9.44. The number of hydrogen-bond donors (Lipinski definition) is 0. The normalized spacial score (nSPS) is 32.2. The van der Waals surface area contributed by atoms with Gasteiger partial charge in [-0.3, -0.25) is 0 Å². The lowest BCUT2D eigenvalue weighted by molar-refractivity contribution is 0.571. The maximum Gasteiger partial charge on any atom is 0.156 e. The summed E-state index contributed by atoms with van der Waals surface area (Å²) in [5.41, 5.74) is 0. The van der Waals surface area contributed by atoms with Crippen LogP contribution in [-0.2, 0) is 9.84 Å². The number of hydrogen-bond acceptors (Lipinski definition) is 2. The predicted octanol–water partition coefficient (Wildman–Crippen LogP) is 2.53. The second kappa shape index (κ2) is 4.45. The van der Waals surface area contributed by atoms with Crippen molar-refractivity contribution in [1.82, 2.24) is 0 Å². The van der Waals surface area contributed by atoms with Crippen molar-refractivity contribution in [3.05, 3.63) is 0 Å². The first-order chi connectivity index (χ1) is 6.12. The maximum atomic E-state index is 11.9. The molecule has 0 N–H and O–H groups in total. The molecule has 13 heavy (non-hydrogen) atoms. The molecule has 3 heteroatoms. The van der Waals surface area contributed by atoms with Gasteiger partial charge in [0.15, 0.2) is 9.84 Å². The molecule has 1 heterocycles. The second-order valence-corrected chi connectivity index (χ2v) is 6.50. The Hall–Kier alpha value is -0.0500. The molecule has 1 fully saturated rings. The topological polar surface area (TPSA) is 34.1 Å². The van der Waals surface area contributed by atoms with Gasteiger partial charge in [0.1, 0.15) is 0 Å². The van der Waals surface area contributed by atoms with Gasteiger partial charge in [-0.15, -0.1) is 0 Å². The van der Waals surface area contributed by atoms with Gasteiger partial charge in [0, 0.05) is 0 Å². The van der Waals surface area contributed by atoms with Gasteiger partial charge in [0.25, 0.3) is 0 Å². The van der Waals surface area contributed by atoms with E-state index in [9.17, 15) is 8.42 Å². The Balaban J connectivity index is 2.66. The highest BCUT2D eigenvalue weighted by Gasteiger charge is 2.38. The quantitative estimate of drug-likeness (QED) is 0.705. The minimum atomic E-state index is -2.75. The third kappa shape index (κ3) is 2.25. The van der Waals surface area contributed by atoms with Crippen molar-refractivity contribution in [2.75, 3.05) is 0 Å². The summed E-state index contributed by atoms with van der Waals surface area (Å²) in [7, 11) is -2.75. The highest BCUT2D eigenvalue weighted by atomic mass is 32.2. The smallest absolute Gasteiger partial charge is 0.156 e. The van der Waals surface area contributed by atoms with Gasteiger partial charge in [-0.25, -0.2) is 8.42 Å². The number of sulfone groups is 1. The molecule has 2 unspecified atom stereocenters. The van der Waals surface area contributed by atoms with Gasteiger partial charge in [-0.2, -0.15) is 0 Å². The Kier molecular flexibility index (Phi) is 3.77. The van der Waals surface area contributed by atoms with Crippen LogP contribution in [0.3, 0.4) is 0 Å². The molecule has 0 aromatic heterocycles. The molecular formula is C10H20O2S. The van der Waals surface area contributed by atoms with Gasteiger partial charge < -0.3 is 0 Å². The van der Waals surface area contributed by atoms with Crippen LogP contribution in [0.1, 0.15) is 52.4 Å². The molecule has 0 bridgehead atoms. The third-order valence-electron chi connectivity index (χ3n) is 2.96. The predicted molar refractivity (Wildman–Crippen MR) is 55.5 cm³/mol. The van der Waals surface area contributed by atoms with E-state index in [1.54, 1.807) is 0 Å². The molecule has 0 aliphatic carbocycles. The van der Waals surface area contributed by atoms with E-state index in [1.807, 2.05) is 0 Å². The van der Waals surface area contributed by atoms with E-state index in [0.717, 1.165) is 38.5 Å². The van der Waals surface area contributed by atoms with Gasteiger partial charge in [0.2, 0.25) is 0 Å². The minimum absolute atomic E-state index is 0.0194. The molecule has 0 aromatic carbocycles. The molecule has 0 amide bonds. The molecule has 1 saturated heterocycles. The fraction of sp³-hybridized carbons (Fsp3) is 1.00. The van der Waals surface area contributed by atoms with Crippen LogP contribution in [0, 0.1) is 0 Å². The second-order valence-electron chi connectivity index (χ2n) is 3.99. The fourth-order valence-electron chi connectivity index (χ4n) is 2.23. The molecule has 2 atom stereocenters. The van der Waals surface area contributed by atoms with Crippen LogP contribution in [0.5, 0.6) is 0 Å². The molecule has 0 aromatic rings. The summed E-state index contributed by atoms with van der Waals surface area (Å²) in [6, 6.07) is 0. The Morgan fingerprint density at radius 3 is 1.69 bits per heavy atom. The molecular weight excluding hydrogens is 184 g/mol. The summed E-state index contributed by atoms with van der Waals surface area (Å²) in [6.45, 7) is 4.12. The highest BCUT2D eigenvalue weighted by molar-refractivity contribution is 7.92. The first-order valence-electron chi connectivity index (χ1n) is 5.35. The minimum Gasteiger partial charge on any atom is -0.228 e. The van der Waals surface area contributed by atoms with E-state index in [1.165, 1.54) is 0 Å². The van der Waals surface area contributed by atoms with E-state index in [2.05, 4.69) is 13.8 Å². The summed E-state index contributed by atoms with van der Waals surface area (Å²) < 4.78 is 23.7. The van der Waals surface area contributed by atoms with Crippen molar-refractivity contribution in [2.24, 2.45) is 0 Å². The van der Waals surface area contributed by atoms with E-state index < -0.39 is 9.84 Å². The van der Waals surface area contributed by atoms with Crippen molar-refractivity contribution in [1.29, 1.82) is 0 Å². The Bertz CT molecular complexity index is 224. The molecule has 1 aliphatic rings. The van der Waals surface area contributed by atoms with Gasteiger partial charge in [-0.05, 0) is 25.7 Å². The molecule has 1 rings (SSSR count). The molecule has 0 spiro atoms. The van der Waals surface area contributed by atoms with Crippen LogP contribution in [0.15, 0.2) is 0 Å². The zero-order chi connectivity index (χ0) is 9.90. The van der Waals surface area contributed by atoms with Crippen molar-refractivity contribution in [3.63, 3.8) is 0 Å². The Labute approximate surface area is 81.6 Å². The monoisotopic (exact) mass is 204 g/mol. The molecule has 2 nitrogen and oxygen atoms in total. The fourth-order valence-corrected chi connectivity index (χ4v) is 4.84. The van der Waals surface area contributed by atoms with Crippen LogP contribution in [0.4, 0.5) is 0 Å². The third-order valence-corrected chi connectivity index (χ3v) is 5.76. The summed E-state index contributed by atoms with van der Waals surface area (Å²) >= 11 is 0. The lowest BCUT2D eigenvalue weighted by atomic mass is 10.1. The number of rotatable bonds is 4. The molecule has 78 valence electrons. The SMILES string of the molecule is CCCC1CCC(CCC)S1(=O)=O. The molecule has 1 aliphatic heterocycles. The van der Waals surface area contributed by atoms with Gasteiger partial charge in [-0.1, -0.05) is 26.7 Å². The first-order valence-corrected chi connectivity index (χ1v) is 6.96. The summed E-state index contributed by atoms with van der Waals surface area (Å²) in [5, 5.41) is -0.0388. The zero-order valence-electron chi connectivity index (χ0n) is 8.62. The van der Waals surface area contributed by atoms with Crippen LogP contribution in [0.2, 0.25) is 0 Å². The maximum absolute atomic E-state index is 11.9. The van der Waals surface area contributed by atoms with Crippen molar-refractivity contribution in [3.8, 4) is 0 Å². The average molecular weight is 204 g/mol. The van der Waals surface area contributed by atoms with Crippen LogP contribution in [-0.4, -0.2) is 18.9 Å². The van der Waals surface area contributed by atoms with Crippen molar-refractivity contribution in [2.45, 2.75) is 62.9 Å². The lowest BCUT2D eigenvalue weighted by Crippen LogP contribution is -2.22. The average Bonchev–Trinajstić information content (AvgIpc) is 2.33. The van der Waals surface area contributed by atoms with Gasteiger partial charge in [0.05, 0.1) is 10.5 Å². The van der Waals surface area contributed by atoms with Crippen LogP contribution >= 0.6 is 0 Å².